The van der Waals surface area contributed by atoms with E-state index < -0.39 is 0 Å². The molecule has 0 radical (unpaired) electrons. The third-order valence-corrected chi connectivity index (χ3v) is 3.93. The minimum atomic E-state index is -0.355. The van der Waals surface area contributed by atoms with Crippen molar-refractivity contribution in [1.29, 1.82) is 0 Å². The second kappa shape index (κ2) is 7.71. The zero-order valence-corrected chi connectivity index (χ0v) is 14.0. The van der Waals surface area contributed by atoms with Gasteiger partial charge in [0.2, 0.25) is 5.91 Å². The van der Waals surface area contributed by atoms with Crippen LogP contribution in [0.3, 0.4) is 0 Å². The van der Waals surface area contributed by atoms with Gasteiger partial charge in [0.15, 0.2) is 0 Å². The van der Waals surface area contributed by atoms with E-state index in [1.165, 1.54) is 6.07 Å². The second-order valence-corrected chi connectivity index (χ2v) is 5.71. The normalized spacial score (nSPS) is 10.5. The van der Waals surface area contributed by atoms with Crippen LogP contribution < -0.4 is 4.90 Å². The average Bonchev–Trinajstić information content (AvgIpc) is 2.64. The molecular formula is C21H19FN2O. The number of carbonyl (C=O) groups is 1. The van der Waals surface area contributed by atoms with Crippen LogP contribution in [0, 0.1) is 5.82 Å². The van der Waals surface area contributed by atoms with Gasteiger partial charge < -0.3 is 0 Å². The van der Waals surface area contributed by atoms with Crippen LogP contribution >= 0.6 is 0 Å². The van der Waals surface area contributed by atoms with Crippen LogP contribution in [0.5, 0.6) is 0 Å². The van der Waals surface area contributed by atoms with Gasteiger partial charge in [0, 0.05) is 24.4 Å². The first kappa shape index (κ1) is 16.8. The summed E-state index contributed by atoms with van der Waals surface area (Å²) >= 11 is 0. The van der Waals surface area contributed by atoms with Crippen LogP contribution in [-0.2, 0) is 4.79 Å². The number of hydrogen-bond acceptors (Lipinski definition) is 2. The molecule has 3 aromatic rings. The first-order valence-corrected chi connectivity index (χ1v) is 8.28. The van der Waals surface area contributed by atoms with Crippen molar-refractivity contribution in [2.45, 2.75) is 19.8 Å². The maximum absolute atomic E-state index is 14.7. The highest BCUT2D eigenvalue weighted by atomic mass is 19.1. The fourth-order valence-corrected chi connectivity index (χ4v) is 2.75. The molecule has 0 fully saturated rings. The van der Waals surface area contributed by atoms with E-state index in [1.54, 1.807) is 41.6 Å². The Morgan fingerprint density at radius 1 is 1.00 bits per heavy atom. The summed E-state index contributed by atoms with van der Waals surface area (Å²) in [6, 6.07) is 17.8. The van der Waals surface area contributed by atoms with Crippen LogP contribution in [0.15, 0.2) is 73.1 Å². The molecule has 3 rings (SSSR count). The molecule has 4 heteroatoms. The smallest absolute Gasteiger partial charge is 0.231 e. The van der Waals surface area contributed by atoms with Crippen LogP contribution in [0.1, 0.15) is 19.8 Å². The lowest BCUT2D eigenvalue weighted by atomic mass is 10.0. The van der Waals surface area contributed by atoms with Gasteiger partial charge in [0.1, 0.15) is 5.82 Å². The van der Waals surface area contributed by atoms with E-state index in [4.69, 9.17) is 0 Å². The molecular weight excluding hydrogens is 315 g/mol. The topological polar surface area (TPSA) is 33.2 Å². The summed E-state index contributed by atoms with van der Waals surface area (Å²) in [5.74, 6) is -0.424. The zero-order chi connectivity index (χ0) is 17.6. The highest BCUT2D eigenvalue weighted by Crippen LogP contribution is 2.31. The summed E-state index contributed by atoms with van der Waals surface area (Å²) < 4.78 is 14.7. The standard InChI is InChI=1S/C21H19FN2O/c1-2-6-21(25)24(17-11-13-23-14-12-17)18-9-10-19(20(22)15-18)16-7-4-3-5-8-16/h3-5,7-15H,2,6H2,1H3. The molecule has 3 nitrogen and oxygen atoms in total. The molecule has 0 atom stereocenters. The van der Waals surface area contributed by atoms with Crippen molar-refractivity contribution < 1.29 is 9.18 Å². The number of nitrogens with zero attached hydrogens (tertiary/aromatic N) is 2. The summed E-state index contributed by atoms with van der Waals surface area (Å²) in [7, 11) is 0. The fourth-order valence-electron chi connectivity index (χ4n) is 2.75. The Morgan fingerprint density at radius 2 is 1.72 bits per heavy atom. The SMILES string of the molecule is CCCC(=O)N(c1ccncc1)c1ccc(-c2ccccc2)c(F)c1. The number of aromatic nitrogens is 1. The molecule has 0 N–H and O–H groups in total. The van der Waals surface area contributed by atoms with Crippen molar-refractivity contribution in [2.75, 3.05) is 4.90 Å². The minimum absolute atomic E-state index is 0.0689. The molecule has 0 spiro atoms. The molecule has 1 heterocycles. The first-order valence-electron chi connectivity index (χ1n) is 8.28. The molecule has 0 aliphatic heterocycles. The Morgan fingerprint density at radius 3 is 2.36 bits per heavy atom. The van der Waals surface area contributed by atoms with E-state index in [0.29, 0.717) is 23.4 Å². The van der Waals surface area contributed by atoms with E-state index in [-0.39, 0.29) is 11.7 Å². The molecule has 1 aromatic heterocycles. The molecule has 2 aromatic carbocycles. The predicted octanol–water partition coefficient (Wildman–Crippen LogP) is 5.35. The van der Waals surface area contributed by atoms with E-state index in [9.17, 15) is 9.18 Å². The monoisotopic (exact) mass is 334 g/mol. The Hall–Kier alpha value is -3.01. The minimum Gasteiger partial charge on any atom is -0.281 e. The van der Waals surface area contributed by atoms with E-state index in [1.807, 2.05) is 37.3 Å². The maximum Gasteiger partial charge on any atom is 0.231 e. The summed E-state index contributed by atoms with van der Waals surface area (Å²) in [5, 5.41) is 0. The van der Waals surface area contributed by atoms with E-state index >= 15 is 0 Å². The Balaban J connectivity index is 2.02. The summed E-state index contributed by atoms with van der Waals surface area (Å²) in [5.41, 5.74) is 2.52. The van der Waals surface area contributed by atoms with Crippen molar-refractivity contribution >= 4 is 17.3 Å². The van der Waals surface area contributed by atoms with Crippen LogP contribution in [0.2, 0.25) is 0 Å². The number of pyridine rings is 1. The number of halogens is 1. The fraction of sp³-hybridized carbons (Fsp3) is 0.143. The van der Waals surface area contributed by atoms with Crippen LogP contribution in [0.25, 0.3) is 11.1 Å². The zero-order valence-electron chi connectivity index (χ0n) is 14.0. The van der Waals surface area contributed by atoms with Gasteiger partial charge in [-0.3, -0.25) is 14.7 Å². The lowest BCUT2D eigenvalue weighted by Crippen LogP contribution is -2.25. The molecule has 0 aliphatic carbocycles. The van der Waals surface area contributed by atoms with Gasteiger partial charge in [-0.2, -0.15) is 0 Å². The number of carbonyl (C=O) groups excluding carboxylic acids is 1. The molecule has 25 heavy (non-hydrogen) atoms. The Kier molecular flexibility index (Phi) is 5.19. The second-order valence-electron chi connectivity index (χ2n) is 5.71. The van der Waals surface area contributed by atoms with Crippen molar-refractivity contribution in [3.63, 3.8) is 0 Å². The van der Waals surface area contributed by atoms with Gasteiger partial charge in [0.05, 0.1) is 11.4 Å². The van der Waals surface area contributed by atoms with Crippen molar-refractivity contribution in [1.82, 2.24) is 4.98 Å². The summed E-state index contributed by atoms with van der Waals surface area (Å²) in [6.07, 6.45) is 4.36. The van der Waals surface area contributed by atoms with E-state index in [2.05, 4.69) is 4.98 Å². The number of amides is 1. The Bertz CT molecular complexity index is 850. The predicted molar refractivity (Wildman–Crippen MR) is 98.1 cm³/mol. The van der Waals surface area contributed by atoms with Gasteiger partial charge in [-0.15, -0.1) is 0 Å². The highest BCUT2D eigenvalue weighted by molar-refractivity contribution is 6.00. The number of anilines is 2. The molecule has 126 valence electrons. The molecule has 0 aliphatic rings. The lowest BCUT2D eigenvalue weighted by molar-refractivity contribution is -0.117. The quantitative estimate of drug-likeness (QED) is 0.630. The van der Waals surface area contributed by atoms with Crippen LogP contribution in [-0.4, -0.2) is 10.9 Å². The maximum atomic E-state index is 14.7. The Labute approximate surface area is 146 Å². The van der Waals surface area contributed by atoms with Gasteiger partial charge in [-0.05, 0) is 42.3 Å². The number of hydrogen-bond donors (Lipinski definition) is 0. The van der Waals surface area contributed by atoms with Crippen molar-refractivity contribution in [3.8, 4) is 11.1 Å². The number of rotatable bonds is 5. The molecule has 1 amide bonds. The largest absolute Gasteiger partial charge is 0.281 e. The van der Waals surface area contributed by atoms with Crippen molar-refractivity contribution in [3.05, 3.63) is 78.9 Å². The molecule has 0 unspecified atom stereocenters. The molecule has 0 saturated heterocycles. The molecule has 0 saturated carbocycles. The van der Waals surface area contributed by atoms with E-state index in [0.717, 1.165) is 12.0 Å². The van der Waals surface area contributed by atoms with Gasteiger partial charge in [0.25, 0.3) is 0 Å². The highest BCUT2D eigenvalue weighted by Gasteiger charge is 2.18. The molecule has 0 bridgehead atoms. The van der Waals surface area contributed by atoms with Gasteiger partial charge in [-0.25, -0.2) is 4.39 Å². The third kappa shape index (κ3) is 3.74. The average molecular weight is 334 g/mol. The van der Waals surface area contributed by atoms with Gasteiger partial charge in [-0.1, -0.05) is 37.3 Å². The van der Waals surface area contributed by atoms with Crippen LogP contribution in [0.4, 0.5) is 15.8 Å². The number of benzene rings is 2. The van der Waals surface area contributed by atoms with Gasteiger partial charge >= 0.3 is 0 Å². The first-order chi connectivity index (χ1) is 12.2. The lowest BCUT2D eigenvalue weighted by Gasteiger charge is -2.23. The summed E-state index contributed by atoms with van der Waals surface area (Å²) in [6.45, 7) is 1.95. The third-order valence-electron chi connectivity index (χ3n) is 3.93. The summed E-state index contributed by atoms with van der Waals surface area (Å²) in [4.78, 5) is 18.1. The van der Waals surface area contributed by atoms with Crippen molar-refractivity contribution in [2.24, 2.45) is 0 Å².